The first-order valence-electron chi connectivity index (χ1n) is 9.57. The van der Waals surface area contributed by atoms with Crippen molar-refractivity contribution in [3.05, 3.63) is 22.1 Å². The predicted octanol–water partition coefficient (Wildman–Crippen LogP) is 2.90. The molecule has 4 aliphatic carbocycles. The summed E-state index contributed by atoms with van der Waals surface area (Å²) in [5, 5.41) is 3.92. The van der Waals surface area contributed by atoms with Gasteiger partial charge in [-0.05, 0) is 62.7 Å². The minimum absolute atomic E-state index is 0.0529. The average Bonchev–Trinajstić information content (AvgIpc) is 2.51. The Hall–Kier alpha value is -1.30. The maximum atomic E-state index is 12.5. The number of H-pyrrole nitrogens is 1. The fourth-order valence-corrected chi connectivity index (χ4v) is 6.36. The third-order valence-corrected chi connectivity index (χ3v) is 6.94. The Labute approximate surface area is 152 Å². The van der Waals surface area contributed by atoms with Gasteiger partial charge in [0.1, 0.15) is 0 Å². The third-order valence-electron chi connectivity index (χ3n) is 6.06. The van der Waals surface area contributed by atoms with Crippen LogP contribution in [0.25, 0.3) is 0 Å². The summed E-state index contributed by atoms with van der Waals surface area (Å²) in [5.41, 5.74) is 0.717. The molecule has 4 saturated carbocycles. The number of thioether (sulfide) groups is 1. The Balaban J connectivity index is 1.36. The Morgan fingerprint density at radius 2 is 1.92 bits per heavy atom. The number of nitrogens with zero attached hydrogens (tertiary/aromatic N) is 1. The lowest BCUT2D eigenvalue weighted by molar-refractivity contribution is -0.124. The summed E-state index contributed by atoms with van der Waals surface area (Å²) in [7, 11) is 0. The number of aromatic amines is 1. The Kier molecular flexibility index (Phi) is 4.65. The molecule has 0 radical (unpaired) electrons. The van der Waals surface area contributed by atoms with Crippen LogP contribution in [0.15, 0.2) is 16.0 Å². The number of nitrogens with one attached hydrogen (secondary N) is 2. The second kappa shape index (κ2) is 6.78. The van der Waals surface area contributed by atoms with E-state index in [0.29, 0.717) is 10.9 Å². The molecular weight excluding hydrogens is 334 g/mol. The molecule has 0 spiro atoms. The van der Waals surface area contributed by atoms with Crippen molar-refractivity contribution in [1.82, 2.24) is 15.3 Å². The summed E-state index contributed by atoms with van der Waals surface area (Å²) >= 11 is 1.33. The van der Waals surface area contributed by atoms with Crippen LogP contribution in [0.1, 0.15) is 57.6 Å². The van der Waals surface area contributed by atoms with Crippen molar-refractivity contribution in [2.75, 3.05) is 5.75 Å². The van der Waals surface area contributed by atoms with Gasteiger partial charge in [-0.25, -0.2) is 4.98 Å². The van der Waals surface area contributed by atoms with Crippen LogP contribution in [0.2, 0.25) is 0 Å². The number of carbonyl (C=O) groups excluding carboxylic acids is 1. The van der Waals surface area contributed by atoms with Crippen LogP contribution in [-0.2, 0) is 11.2 Å². The zero-order chi connectivity index (χ0) is 17.4. The summed E-state index contributed by atoms with van der Waals surface area (Å²) in [5.74, 6) is 2.87. The average molecular weight is 362 g/mol. The summed E-state index contributed by atoms with van der Waals surface area (Å²) in [4.78, 5) is 31.5. The molecule has 5 nitrogen and oxygen atoms in total. The van der Waals surface area contributed by atoms with E-state index < -0.39 is 0 Å². The van der Waals surface area contributed by atoms with Crippen molar-refractivity contribution in [2.45, 2.75) is 69.0 Å². The third kappa shape index (κ3) is 3.78. The Bertz CT molecular complexity index is 680. The van der Waals surface area contributed by atoms with Gasteiger partial charge in [-0.3, -0.25) is 9.59 Å². The molecule has 4 bridgehead atoms. The highest BCUT2D eigenvalue weighted by Crippen LogP contribution is 2.55. The first-order chi connectivity index (χ1) is 12.0. The summed E-state index contributed by atoms with van der Waals surface area (Å²) in [6, 6.07) is 1.54. The van der Waals surface area contributed by atoms with Gasteiger partial charge in [-0.15, -0.1) is 0 Å². The lowest BCUT2D eigenvalue weighted by atomic mass is 9.53. The molecule has 1 aromatic rings. The number of aromatic nitrogens is 2. The number of carbonyl (C=O) groups is 1. The first kappa shape index (κ1) is 17.1. The number of amides is 1. The van der Waals surface area contributed by atoms with Crippen molar-refractivity contribution in [3.63, 3.8) is 0 Å². The van der Waals surface area contributed by atoms with Gasteiger partial charge in [-0.1, -0.05) is 25.1 Å². The highest BCUT2D eigenvalue weighted by molar-refractivity contribution is 7.99. The van der Waals surface area contributed by atoms with Crippen LogP contribution in [0.4, 0.5) is 0 Å². The van der Waals surface area contributed by atoms with E-state index >= 15 is 0 Å². The highest BCUT2D eigenvalue weighted by atomic mass is 32.2. The molecule has 0 unspecified atom stereocenters. The molecule has 4 fully saturated rings. The molecule has 25 heavy (non-hydrogen) atoms. The van der Waals surface area contributed by atoms with E-state index in [1.807, 2.05) is 0 Å². The molecule has 0 aliphatic heterocycles. The molecule has 0 aromatic carbocycles. The zero-order valence-electron chi connectivity index (χ0n) is 14.8. The topological polar surface area (TPSA) is 74.8 Å². The van der Waals surface area contributed by atoms with Gasteiger partial charge in [-0.2, -0.15) is 0 Å². The van der Waals surface area contributed by atoms with Crippen molar-refractivity contribution < 1.29 is 4.79 Å². The van der Waals surface area contributed by atoms with Crippen LogP contribution in [0, 0.1) is 17.8 Å². The Morgan fingerprint density at radius 3 is 2.52 bits per heavy atom. The highest BCUT2D eigenvalue weighted by Gasteiger charge is 2.51. The van der Waals surface area contributed by atoms with Crippen molar-refractivity contribution in [3.8, 4) is 0 Å². The second-order valence-corrected chi connectivity index (χ2v) is 9.29. The summed E-state index contributed by atoms with van der Waals surface area (Å²) in [6.07, 6.45) is 9.35. The molecule has 0 atom stereocenters. The molecular formula is C19H27N3O2S. The lowest BCUT2D eigenvalue weighted by Gasteiger charge is -2.56. The van der Waals surface area contributed by atoms with Crippen molar-refractivity contribution in [1.29, 1.82) is 0 Å². The first-order valence-corrected chi connectivity index (χ1v) is 10.6. The number of rotatable bonds is 6. The summed E-state index contributed by atoms with van der Waals surface area (Å²) in [6.45, 7) is 2.06. The van der Waals surface area contributed by atoms with E-state index in [0.717, 1.165) is 55.6 Å². The van der Waals surface area contributed by atoms with Crippen LogP contribution in [0.3, 0.4) is 0 Å². The molecule has 6 heteroatoms. The van der Waals surface area contributed by atoms with Crippen LogP contribution in [0.5, 0.6) is 0 Å². The normalized spacial score (nSPS) is 32.8. The second-order valence-electron chi connectivity index (χ2n) is 8.33. The quantitative estimate of drug-likeness (QED) is 0.603. The fraction of sp³-hybridized carbons (Fsp3) is 0.737. The number of hydrogen-bond acceptors (Lipinski definition) is 4. The molecule has 1 amide bonds. The number of aryl methyl sites for hydroxylation is 1. The van der Waals surface area contributed by atoms with E-state index in [1.165, 1.54) is 31.0 Å². The standard InChI is InChI=1S/C19H27N3O2S/c1-2-3-15-7-16(23)21-18(20-15)25-11-17(24)22-19-8-12-4-13(9-19)6-14(5-12)10-19/h7,12-14H,2-6,8-11H2,1H3,(H,22,24)(H,20,21,23). The zero-order valence-corrected chi connectivity index (χ0v) is 15.7. The van der Waals surface area contributed by atoms with Gasteiger partial charge in [0.25, 0.3) is 5.56 Å². The van der Waals surface area contributed by atoms with Crippen molar-refractivity contribution in [2.24, 2.45) is 17.8 Å². The molecule has 136 valence electrons. The van der Waals surface area contributed by atoms with Gasteiger partial charge < -0.3 is 10.3 Å². The van der Waals surface area contributed by atoms with Gasteiger partial charge in [0, 0.05) is 17.3 Å². The van der Waals surface area contributed by atoms with Gasteiger partial charge in [0.05, 0.1) is 5.75 Å². The number of hydrogen-bond donors (Lipinski definition) is 2. The minimum Gasteiger partial charge on any atom is -0.350 e. The van der Waals surface area contributed by atoms with Gasteiger partial charge in [0.2, 0.25) is 5.91 Å². The van der Waals surface area contributed by atoms with Crippen LogP contribution < -0.4 is 10.9 Å². The van der Waals surface area contributed by atoms with E-state index in [9.17, 15) is 9.59 Å². The smallest absolute Gasteiger partial charge is 0.251 e. The van der Waals surface area contributed by atoms with Crippen LogP contribution in [-0.4, -0.2) is 27.2 Å². The van der Waals surface area contributed by atoms with E-state index in [4.69, 9.17) is 0 Å². The molecule has 2 N–H and O–H groups in total. The van der Waals surface area contributed by atoms with Gasteiger partial charge >= 0.3 is 0 Å². The van der Waals surface area contributed by atoms with Crippen molar-refractivity contribution >= 4 is 17.7 Å². The maximum Gasteiger partial charge on any atom is 0.251 e. The largest absolute Gasteiger partial charge is 0.350 e. The SMILES string of the molecule is CCCc1cc(=O)[nH]c(SCC(=O)NC23CC4CC(CC(C4)C2)C3)n1. The molecule has 5 rings (SSSR count). The molecule has 1 heterocycles. The Morgan fingerprint density at radius 1 is 1.28 bits per heavy atom. The lowest BCUT2D eigenvalue weighted by Crippen LogP contribution is -2.60. The molecule has 1 aromatic heterocycles. The maximum absolute atomic E-state index is 12.5. The minimum atomic E-state index is -0.137. The molecule has 4 aliphatic rings. The predicted molar refractivity (Wildman–Crippen MR) is 98.6 cm³/mol. The monoisotopic (exact) mass is 361 g/mol. The summed E-state index contributed by atoms with van der Waals surface area (Å²) < 4.78 is 0. The van der Waals surface area contributed by atoms with Gasteiger partial charge in [0.15, 0.2) is 5.16 Å². The van der Waals surface area contributed by atoms with E-state index in [1.54, 1.807) is 6.07 Å². The van der Waals surface area contributed by atoms with Crippen LogP contribution >= 0.6 is 11.8 Å². The fourth-order valence-electron chi connectivity index (χ4n) is 5.67. The molecule has 0 saturated heterocycles. The van der Waals surface area contributed by atoms with E-state index in [-0.39, 0.29) is 17.0 Å². The van der Waals surface area contributed by atoms with E-state index in [2.05, 4.69) is 22.2 Å².